The number of tetrazole rings is 1. The SMILES string of the molecule is CC(O)n1nnnc1S. The van der Waals surface area contributed by atoms with Crippen molar-refractivity contribution in [2.24, 2.45) is 0 Å². The van der Waals surface area contributed by atoms with Gasteiger partial charge in [0, 0.05) is 0 Å². The summed E-state index contributed by atoms with van der Waals surface area (Å²) in [6.45, 7) is 1.55. The molecule has 1 aromatic rings. The van der Waals surface area contributed by atoms with E-state index in [0.717, 1.165) is 0 Å². The molecule has 0 aliphatic heterocycles. The summed E-state index contributed by atoms with van der Waals surface area (Å²) in [5, 5.41) is 19.3. The molecule has 1 rings (SSSR count). The molecule has 1 N–H and O–H groups in total. The van der Waals surface area contributed by atoms with Crippen LogP contribution in [0.2, 0.25) is 0 Å². The van der Waals surface area contributed by atoms with Crippen LogP contribution < -0.4 is 0 Å². The number of hydrogen-bond acceptors (Lipinski definition) is 5. The smallest absolute Gasteiger partial charge is 0.208 e. The van der Waals surface area contributed by atoms with Gasteiger partial charge in [-0.1, -0.05) is 0 Å². The second-order valence-corrected chi connectivity index (χ2v) is 1.96. The molecule has 0 aromatic carbocycles. The first-order chi connectivity index (χ1) is 4.22. The molecule has 0 amide bonds. The highest BCUT2D eigenvalue weighted by Gasteiger charge is 2.04. The fraction of sp³-hybridized carbons (Fsp3) is 0.667. The Balaban J connectivity index is 2.94. The third kappa shape index (κ3) is 1.19. The average Bonchev–Trinajstić information content (AvgIpc) is 2.13. The van der Waals surface area contributed by atoms with Gasteiger partial charge in [0.25, 0.3) is 0 Å². The van der Waals surface area contributed by atoms with E-state index < -0.39 is 6.23 Å². The summed E-state index contributed by atoms with van der Waals surface area (Å²) in [6.07, 6.45) is -0.715. The molecule has 9 heavy (non-hydrogen) atoms. The van der Waals surface area contributed by atoms with Crippen molar-refractivity contribution >= 4 is 12.6 Å². The lowest BCUT2D eigenvalue weighted by molar-refractivity contribution is 0.0987. The number of aliphatic hydroxyl groups excluding tert-OH is 1. The number of hydrogen-bond donors (Lipinski definition) is 2. The lowest BCUT2D eigenvalue weighted by Crippen LogP contribution is -2.06. The van der Waals surface area contributed by atoms with Gasteiger partial charge in [-0.05, 0) is 17.4 Å². The van der Waals surface area contributed by atoms with Crippen LogP contribution in [0.1, 0.15) is 13.2 Å². The Morgan fingerprint density at radius 3 is 2.67 bits per heavy atom. The van der Waals surface area contributed by atoms with Gasteiger partial charge in [0.05, 0.1) is 0 Å². The lowest BCUT2D eigenvalue weighted by Gasteiger charge is -2.00. The Morgan fingerprint density at radius 2 is 2.44 bits per heavy atom. The first-order valence-electron chi connectivity index (χ1n) is 2.36. The van der Waals surface area contributed by atoms with E-state index in [-0.39, 0.29) is 0 Å². The minimum atomic E-state index is -0.715. The van der Waals surface area contributed by atoms with Gasteiger partial charge >= 0.3 is 0 Å². The molecule has 50 valence electrons. The van der Waals surface area contributed by atoms with Crippen molar-refractivity contribution in [3.05, 3.63) is 0 Å². The summed E-state index contributed by atoms with van der Waals surface area (Å²) in [7, 11) is 0. The van der Waals surface area contributed by atoms with Crippen molar-refractivity contribution in [2.45, 2.75) is 18.3 Å². The lowest BCUT2D eigenvalue weighted by atomic mass is 10.7. The molecule has 1 heterocycles. The van der Waals surface area contributed by atoms with E-state index in [1.54, 1.807) is 6.92 Å². The molecule has 0 saturated carbocycles. The van der Waals surface area contributed by atoms with Gasteiger partial charge < -0.3 is 5.11 Å². The Morgan fingerprint density at radius 1 is 1.78 bits per heavy atom. The first kappa shape index (κ1) is 6.50. The third-order valence-corrected chi connectivity index (χ3v) is 1.12. The van der Waals surface area contributed by atoms with E-state index in [4.69, 9.17) is 5.11 Å². The minimum Gasteiger partial charge on any atom is -0.372 e. The quantitative estimate of drug-likeness (QED) is 0.523. The van der Waals surface area contributed by atoms with Crippen LogP contribution in [-0.4, -0.2) is 25.3 Å². The molecule has 1 aromatic heterocycles. The zero-order valence-corrected chi connectivity index (χ0v) is 5.66. The second-order valence-electron chi connectivity index (χ2n) is 1.56. The maximum atomic E-state index is 8.86. The van der Waals surface area contributed by atoms with Crippen molar-refractivity contribution < 1.29 is 5.11 Å². The summed E-state index contributed by atoms with van der Waals surface area (Å²) in [6, 6.07) is 0. The van der Waals surface area contributed by atoms with Gasteiger partial charge in [0.15, 0.2) is 0 Å². The summed E-state index contributed by atoms with van der Waals surface area (Å²) in [4.78, 5) is 0. The molecule has 0 fully saturated rings. The predicted molar refractivity (Wildman–Crippen MR) is 32.0 cm³/mol. The van der Waals surface area contributed by atoms with Crippen LogP contribution in [-0.2, 0) is 0 Å². The molecule has 1 atom stereocenters. The molecule has 6 heteroatoms. The average molecular weight is 146 g/mol. The predicted octanol–water partition coefficient (Wildman–Crippen LogP) is -0.527. The third-order valence-electron chi connectivity index (χ3n) is 0.829. The van der Waals surface area contributed by atoms with Gasteiger partial charge in [0.2, 0.25) is 5.16 Å². The normalized spacial score (nSPS) is 13.7. The Hall–Kier alpha value is -0.620. The van der Waals surface area contributed by atoms with Crippen LogP contribution in [0.5, 0.6) is 0 Å². The maximum Gasteiger partial charge on any atom is 0.208 e. The molecule has 5 nitrogen and oxygen atoms in total. The Bertz CT molecular complexity index is 197. The van der Waals surface area contributed by atoms with E-state index in [2.05, 4.69) is 28.2 Å². The first-order valence-corrected chi connectivity index (χ1v) is 2.81. The minimum absolute atomic E-state index is 0.310. The van der Waals surface area contributed by atoms with Crippen LogP contribution in [0.15, 0.2) is 5.16 Å². The van der Waals surface area contributed by atoms with Gasteiger partial charge in [-0.15, -0.1) is 17.7 Å². The number of nitrogens with zero attached hydrogens (tertiary/aromatic N) is 4. The van der Waals surface area contributed by atoms with Crippen molar-refractivity contribution in [2.75, 3.05) is 0 Å². The van der Waals surface area contributed by atoms with Gasteiger partial charge in [-0.2, -0.15) is 4.68 Å². The highest BCUT2D eigenvalue weighted by Crippen LogP contribution is 2.03. The van der Waals surface area contributed by atoms with Crippen LogP contribution in [0.4, 0.5) is 0 Å². The zero-order valence-electron chi connectivity index (χ0n) is 4.76. The molecule has 0 bridgehead atoms. The summed E-state index contributed by atoms with van der Waals surface area (Å²) < 4.78 is 1.20. The van der Waals surface area contributed by atoms with Gasteiger partial charge in [-0.3, -0.25) is 0 Å². The van der Waals surface area contributed by atoms with Crippen LogP contribution >= 0.6 is 12.6 Å². The van der Waals surface area contributed by atoms with Crippen molar-refractivity contribution in [3.8, 4) is 0 Å². The summed E-state index contributed by atoms with van der Waals surface area (Å²) in [5.41, 5.74) is 0. The topological polar surface area (TPSA) is 63.8 Å². The second kappa shape index (κ2) is 2.32. The van der Waals surface area contributed by atoms with E-state index in [9.17, 15) is 0 Å². The van der Waals surface area contributed by atoms with Crippen molar-refractivity contribution in [1.82, 2.24) is 20.2 Å². The molecule has 1 unspecified atom stereocenters. The highest BCUT2D eigenvalue weighted by atomic mass is 32.1. The highest BCUT2D eigenvalue weighted by molar-refractivity contribution is 7.80. The number of aromatic nitrogens is 4. The monoisotopic (exact) mass is 146 g/mol. The number of aliphatic hydroxyl groups is 1. The zero-order chi connectivity index (χ0) is 6.85. The summed E-state index contributed by atoms with van der Waals surface area (Å²) in [5.74, 6) is 0. The van der Waals surface area contributed by atoms with Crippen molar-refractivity contribution in [3.63, 3.8) is 0 Å². The fourth-order valence-electron chi connectivity index (χ4n) is 0.431. The van der Waals surface area contributed by atoms with E-state index in [1.165, 1.54) is 4.68 Å². The molecular weight excluding hydrogens is 140 g/mol. The standard InChI is InChI=1S/C3H6N4OS/c1-2(8)7-3(9)4-5-6-7/h2,8H,1H3,(H,4,6,9). The Labute approximate surface area is 57.1 Å². The maximum absolute atomic E-state index is 8.86. The molecule has 0 aliphatic rings. The summed E-state index contributed by atoms with van der Waals surface area (Å²) >= 11 is 3.86. The van der Waals surface area contributed by atoms with E-state index in [0.29, 0.717) is 5.16 Å². The Kier molecular flexibility index (Phi) is 1.68. The molecule has 0 aliphatic carbocycles. The van der Waals surface area contributed by atoms with Crippen LogP contribution in [0, 0.1) is 0 Å². The van der Waals surface area contributed by atoms with Crippen LogP contribution in [0.25, 0.3) is 0 Å². The molecule has 0 saturated heterocycles. The van der Waals surface area contributed by atoms with Gasteiger partial charge in [0.1, 0.15) is 6.23 Å². The van der Waals surface area contributed by atoms with Crippen LogP contribution in [0.3, 0.4) is 0 Å². The van der Waals surface area contributed by atoms with Crippen molar-refractivity contribution in [1.29, 1.82) is 0 Å². The largest absolute Gasteiger partial charge is 0.372 e. The fourth-order valence-corrected chi connectivity index (χ4v) is 0.678. The molecular formula is C3H6N4OS. The molecule has 0 radical (unpaired) electrons. The molecule has 0 spiro atoms. The number of thiol groups is 1. The number of rotatable bonds is 1. The van der Waals surface area contributed by atoms with Gasteiger partial charge in [-0.25, -0.2) is 0 Å². The van der Waals surface area contributed by atoms with E-state index in [1.807, 2.05) is 0 Å². The van der Waals surface area contributed by atoms with E-state index >= 15 is 0 Å².